The molecule has 4 nitrogen and oxygen atoms in total. The Labute approximate surface area is 204 Å². The quantitative estimate of drug-likeness (QED) is 0.585. The van der Waals surface area contributed by atoms with Gasteiger partial charge in [0, 0.05) is 54.4 Å². The lowest BCUT2D eigenvalue weighted by Crippen LogP contribution is -2.59. The molecule has 2 fully saturated rings. The number of likely N-dealkylation sites (tertiary alicyclic amines) is 2. The second-order valence-corrected chi connectivity index (χ2v) is 10.1. The van der Waals surface area contributed by atoms with Crippen molar-refractivity contribution in [3.8, 4) is 0 Å². The maximum absolute atomic E-state index is 13.5. The number of hydrogen-bond acceptors (Lipinski definition) is 3. The predicted octanol–water partition coefficient (Wildman–Crippen LogP) is 5.49. The van der Waals surface area contributed by atoms with Gasteiger partial charge in [-0.25, -0.2) is 8.78 Å². The van der Waals surface area contributed by atoms with Gasteiger partial charge < -0.3 is 10.2 Å². The maximum atomic E-state index is 13.5. The number of hydrogen-bond donors (Lipinski definition) is 1. The van der Waals surface area contributed by atoms with Crippen LogP contribution in [0.3, 0.4) is 0 Å². The number of nitrogens with zero attached hydrogens (tertiary/aromatic N) is 2. The molecule has 2 aromatic rings. The van der Waals surface area contributed by atoms with Crippen molar-refractivity contribution in [1.29, 1.82) is 0 Å². The highest BCUT2D eigenvalue weighted by Crippen LogP contribution is 2.48. The molecule has 0 bridgehead atoms. The molecule has 34 heavy (non-hydrogen) atoms. The maximum Gasteiger partial charge on any atom is 0.247 e. The zero-order valence-electron chi connectivity index (χ0n) is 19.2. The Morgan fingerprint density at radius 3 is 2.74 bits per heavy atom. The number of rotatable bonds is 3. The molecule has 3 atom stereocenters. The van der Waals surface area contributed by atoms with Crippen molar-refractivity contribution in [3.05, 3.63) is 76.7 Å². The van der Waals surface area contributed by atoms with E-state index < -0.39 is 11.6 Å². The van der Waals surface area contributed by atoms with Crippen molar-refractivity contribution >= 4 is 29.3 Å². The molecule has 3 aliphatic rings. The van der Waals surface area contributed by atoms with Gasteiger partial charge in [-0.2, -0.15) is 0 Å². The first-order chi connectivity index (χ1) is 16.4. The molecule has 1 radical (unpaired) electrons. The summed E-state index contributed by atoms with van der Waals surface area (Å²) in [6, 6.07) is 9.42. The van der Waals surface area contributed by atoms with E-state index in [0.29, 0.717) is 18.0 Å². The van der Waals surface area contributed by atoms with Gasteiger partial charge in [0.05, 0.1) is 6.17 Å². The average molecular weight is 485 g/mol. The van der Waals surface area contributed by atoms with Gasteiger partial charge in [0.15, 0.2) is 0 Å². The van der Waals surface area contributed by atoms with Crippen molar-refractivity contribution in [2.24, 2.45) is 5.92 Å². The third kappa shape index (κ3) is 4.34. The Balaban J connectivity index is 1.31. The van der Waals surface area contributed by atoms with Crippen molar-refractivity contribution in [1.82, 2.24) is 9.80 Å². The number of fused-ring (bicyclic) bond motifs is 2. The smallest absolute Gasteiger partial charge is 0.247 e. The molecule has 0 aliphatic carbocycles. The SMILES string of the molecule is CC1CN(C2C[CH]CCN2C(=O)/C=C/c2cc(F)cc(F)c2)CCC12CNc1cc(Cl)ccc12. The summed E-state index contributed by atoms with van der Waals surface area (Å²) in [6.07, 6.45) is 7.84. The van der Waals surface area contributed by atoms with Crippen LogP contribution < -0.4 is 5.32 Å². The van der Waals surface area contributed by atoms with E-state index in [1.165, 1.54) is 29.8 Å². The van der Waals surface area contributed by atoms with Crippen molar-refractivity contribution in [2.45, 2.75) is 37.8 Å². The number of nitrogens with one attached hydrogen (secondary N) is 1. The third-order valence-electron chi connectivity index (χ3n) is 7.73. The molecule has 3 unspecified atom stereocenters. The highest BCUT2D eigenvalue weighted by molar-refractivity contribution is 6.30. The van der Waals surface area contributed by atoms with Gasteiger partial charge in [-0.1, -0.05) is 24.6 Å². The topological polar surface area (TPSA) is 35.6 Å². The molecule has 7 heteroatoms. The minimum absolute atomic E-state index is 0.00556. The molecule has 2 aromatic carbocycles. The Morgan fingerprint density at radius 2 is 1.97 bits per heavy atom. The second-order valence-electron chi connectivity index (χ2n) is 9.71. The lowest BCUT2D eigenvalue weighted by molar-refractivity contribution is -0.135. The van der Waals surface area contributed by atoms with Crippen molar-refractivity contribution in [2.75, 3.05) is 31.5 Å². The van der Waals surface area contributed by atoms with Gasteiger partial charge in [0.1, 0.15) is 11.6 Å². The van der Waals surface area contributed by atoms with Crippen LogP contribution in [0.2, 0.25) is 5.02 Å². The molecule has 2 saturated heterocycles. The number of halogens is 3. The minimum Gasteiger partial charge on any atom is -0.384 e. The molecule has 1 amide bonds. The predicted molar refractivity (Wildman–Crippen MR) is 131 cm³/mol. The minimum atomic E-state index is -0.654. The van der Waals surface area contributed by atoms with Crippen LogP contribution in [0.25, 0.3) is 6.08 Å². The van der Waals surface area contributed by atoms with Crippen LogP contribution in [0.15, 0.2) is 42.5 Å². The summed E-state index contributed by atoms with van der Waals surface area (Å²) in [4.78, 5) is 17.4. The van der Waals surface area contributed by atoms with E-state index >= 15 is 0 Å². The van der Waals surface area contributed by atoms with E-state index in [1.807, 2.05) is 17.0 Å². The van der Waals surface area contributed by atoms with Gasteiger partial charge in [-0.3, -0.25) is 9.69 Å². The van der Waals surface area contributed by atoms with Gasteiger partial charge in [-0.05, 0) is 73.1 Å². The number of carbonyl (C=O) groups excluding carboxylic acids is 1. The highest BCUT2D eigenvalue weighted by Gasteiger charge is 2.48. The van der Waals surface area contributed by atoms with Gasteiger partial charge in [0.25, 0.3) is 0 Å². The van der Waals surface area contributed by atoms with E-state index in [-0.39, 0.29) is 17.5 Å². The van der Waals surface area contributed by atoms with Crippen LogP contribution >= 0.6 is 11.6 Å². The Hall–Kier alpha value is -2.44. The summed E-state index contributed by atoms with van der Waals surface area (Å²) in [6.45, 7) is 5.64. The first-order valence-electron chi connectivity index (χ1n) is 11.9. The first kappa shape index (κ1) is 23.3. The normalized spacial score (nSPS) is 27.2. The van der Waals surface area contributed by atoms with Crippen LogP contribution in [0, 0.1) is 24.0 Å². The van der Waals surface area contributed by atoms with Crippen LogP contribution in [0.1, 0.15) is 37.3 Å². The third-order valence-corrected chi connectivity index (χ3v) is 7.96. The number of amides is 1. The number of benzene rings is 2. The molecular formula is C27H29ClF2N3O. The largest absolute Gasteiger partial charge is 0.384 e. The summed E-state index contributed by atoms with van der Waals surface area (Å²) in [7, 11) is 0. The zero-order chi connectivity index (χ0) is 23.9. The van der Waals surface area contributed by atoms with E-state index in [0.717, 1.165) is 55.7 Å². The summed E-state index contributed by atoms with van der Waals surface area (Å²) in [5, 5.41) is 4.30. The van der Waals surface area contributed by atoms with Gasteiger partial charge >= 0.3 is 0 Å². The van der Waals surface area contributed by atoms with Crippen LogP contribution in [0.4, 0.5) is 14.5 Å². The monoisotopic (exact) mass is 484 g/mol. The van der Waals surface area contributed by atoms with Crippen LogP contribution in [0.5, 0.6) is 0 Å². The average Bonchev–Trinajstić information content (AvgIpc) is 3.17. The molecule has 1 N–H and O–H groups in total. The van der Waals surface area contributed by atoms with Gasteiger partial charge in [-0.15, -0.1) is 0 Å². The fourth-order valence-corrected chi connectivity index (χ4v) is 6.07. The van der Waals surface area contributed by atoms with E-state index in [4.69, 9.17) is 11.6 Å². The summed E-state index contributed by atoms with van der Waals surface area (Å²) < 4.78 is 27.0. The van der Waals surface area contributed by atoms with Crippen LogP contribution in [-0.4, -0.2) is 48.1 Å². The molecule has 179 valence electrons. The van der Waals surface area contributed by atoms with E-state index in [2.05, 4.69) is 29.6 Å². The lowest BCUT2D eigenvalue weighted by atomic mass is 9.67. The van der Waals surface area contributed by atoms with Gasteiger partial charge in [0.2, 0.25) is 5.91 Å². The molecular weight excluding hydrogens is 456 g/mol. The van der Waals surface area contributed by atoms with Crippen LogP contribution in [-0.2, 0) is 10.2 Å². The number of carbonyl (C=O) groups is 1. The summed E-state index contributed by atoms with van der Waals surface area (Å²) in [5.74, 6) is -1.03. The molecule has 5 rings (SSSR count). The highest BCUT2D eigenvalue weighted by atomic mass is 35.5. The molecule has 1 spiro atoms. The summed E-state index contributed by atoms with van der Waals surface area (Å²) in [5.41, 5.74) is 2.89. The van der Waals surface area contributed by atoms with Crippen molar-refractivity contribution in [3.63, 3.8) is 0 Å². The fourth-order valence-electron chi connectivity index (χ4n) is 5.90. The molecule has 0 aromatic heterocycles. The Bertz CT molecular complexity index is 1100. The Kier molecular flexibility index (Phi) is 6.38. The van der Waals surface area contributed by atoms with E-state index in [1.54, 1.807) is 0 Å². The second kappa shape index (κ2) is 9.31. The summed E-state index contributed by atoms with van der Waals surface area (Å²) >= 11 is 6.21. The fraction of sp³-hybridized carbons (Fsp3) is 0.407. The molecule has 3 aliphatic heterocycles. The standard InChI is InChI=1S/C27H29ClF2N3O/c1-18-16-32(11-9-27(18)17-31-24-14-20(28)6-7-23(24)27)25-4-2-3-10-33(25)26(34)8-5-19-12-21(29)15-22(30)13-19/h2,5-8,12-15,18,25,31H,3-4,9-11,16-17H2,1H3/b8-5+. The number of piperidine rings is 2. The van der Waals surface area contributed by atoms with E-state index in [9.17, 15) is 13.6 Å². The molecule has 3 heterocycles. The zero-order valence-corrected chi connectivity index (χ0v) is 20.0. The first-order valence-corrected chi connectivity index (χ1v) is 12.3. The van der Waals surface area contributed by atoms with Crippen molar-refractivity contribution < 1.29 is 13.6 Å². The molecule has 0 saturated carbocycles. The lowest BCUT2D eigenvalue weighted by Gasteiger charge is -2.50. The Morgan fingerprint density at radius 1 is 1.18 bits per heavy atom. The number of anilines is 1.